The van der Waals surface area contributed by atoms with Crippen molar-refractivity contribution in [2.24, 2.45) is 0 Å². The molecule has 3 heteroatoms. The highest BCUT2D eigenvalue weighted by Gasteiger charge is 2.02. The highest BCUT2D eigenvalue weighted by Crippen LogP contribution is 2.06. The largest absolute Gasteiger partial charge is 0.372 e. The molecule has 1 aromatic heterocycles. The summed E-state index contributed by atoms with van der Waals surface area (Å²) in [5.41, 5.74) is 2.07. The first-order valence-electron chi connectivity index (χ1n) is 5.97. The average Bonchev–Trinajstić information content (AvgIpc) is 2.28. The molecule has 0 spiro atoms. The van der Waals surface area contributed by atoms with Gasteiger partial charge in [-0.05, 0) is 32.5 Å². The topological polar surface area (TPSA) is 34.1 Å². The van der Waals surface area contributed by atoms with E-state index in [-0.39, 0.29) is 0 Å². The van der Waals surface area contributed by atoms with Crippen molar-refractivity contribution in [2.75, 3.05) is 7.05 Å². The van der Waals surface area contributed by atoms with Crippen molar-refractivity contribution in [1.29, 1.82) is 0 Å². The number of hydrogen-bond acceptors (Lipinski definition) is 3. The van der Waals surface area contributed by atoms with E-state index >= 15 is 0 Å². The fraction of sp³-hybridized carbons (Fsp3) is 0.615. The molecule has 0 aliphatic carbocycles. The summed E-state index contributed by atoms with van der Waals surface area (Å²) >= 11 is 0. The molecular formula is C13H22N2O. The van der Waals surface area contributed by atoms with Gasteiger partial charge < -0.3 is 10.1 Å². The van der Waals surface area contributed by atoms with E-state index in [1.165, 1.54) is 0 Å². The number of nitrogens with zero attached hydrogens (tertiary/aromatic N) is 1. The molecule has 0 aliphatic rings. The molecule has 1 N–H and O–H groups in total. The molecule has 0 saturated carbocycles. The van der Waals surface area contributed by atoms with E-state index in [2.05, 4.69) is 24.1 Å². The number of rotatable bonds is 7. The second kappa shape index (κ2) is 7.36. The van der Waals surface area contributed by atoms with Crippen LogP contribution in [0, 0.1) is 0 Å². The van der Waals surface area contributed by atoms with Crippen molar-refractivity contribution >= 4 is 0 Å². The van der Waals surface area contributed by atoms with E-state index in [4.69, 9.17) is 4.74 Å². The van der Waals surface area contributed by atoms with E-state index < -0.39 is 0 Å². The molecule has 1 unspecified atom stereocenters. The highest BCUT2D eigenvalue weighted by atomic mass is 16.5. The SMILES string of the molecule is CCCC(C)OCc1cccc(CNC)n1. The minimum atomic E-state index is 0.319. The number of hydrogen-bond donors (Lipinski definition) is 1. The Morgan fingerprint density at radius 1 is 1.38 bits per heavy atom. The van der Waals surface area contributed by atoms with Gasteiger partial charge in [0.25, 0.3) is 0 Å². The van der Waals surface area contributed by atoms with E-state index in [9.17, 15) is 0 Å². The van der Waals surface area contributed by atoms with Crippen LogP contribution in [0.5, 0.6) is 0 Å². The van der Waals surface area contributed by atoms with Crippen LogP contribution in [0.15, 0.2) is 18.2 Å². The number of aromatic nitrogens is 1. The zero-order chi connectivity index (χ0) is 11.8. The Morgan fingerprint density at radius 3 is 2.81 bits per heavy atom. The summed E-state index contributed by atoms with van der Waals surface area (Å²) in [6.45, 7) is 5.70. The molecule has 0 bridgehead atoms. The minimum Gasteiger partial charge on any atom is -0.372 e. The molecule has 1 rings (SSSR count). The fourth-order valence-electron chi connectivity index (χ4n) is 1.61. The van der Waals surface area contributed by atoms with Crippen LogP contribution in [0.3, 0.4) is 0 Å². The number of pyridine rings is 1. The van der Waals surface area contributed by atoms with Crippen molar-refractivity contribution in [3.63, 3.8) is 0 Å². The van der Waals surface area contributed by atoms with Crippen LogP contribution in [0.25, 0.3) is 0 Å². The Hall–Kier alpha value is -0.930. The predicted octanol–water partition coefficient (Wildman–Crippen LogP) is 2.51. The Bertz CT molecular complexity index is 302. The van der Waals surface area contributed by atoms with Crippen molar-refractivity contribution in [3.05, 3.63) is 29.6 Å². The van der Waals surface area contributed by atoms with Gasteiger partial charge in [0.05, 0.1) is 24.1 Å². The Kier molecular flexibility index (Phi) is 6.04. The van der Waals surface area contributed by atoms with Gasteiger partial charge in [-0.1, -0.05) is 19.4 Å². The van der Waals surface area contributed by atoms with Crippen LogP contribution >= 0.6 is 0 Å². The molecule has 1 atom stereocenters. The van der Waals surface area contributed by atoms with Gasteiger partial charge in [-0.25, -0.2) is 0 Å². The van der Waals surface area contributed by atoms with Crippen molar-refractivity contribution in [2.45, 2.75) is 45.9 Å². The normalized spacial score (nSPS) is 12.7. The lowest BCUT2D eigenvalue weighted by Crippen LogP contribution is -2.10. The van der Waals surface area contributed by atoms with Gasteiger partial charge in [0.15, 0.2) is 0 Å². The molecule has 0 aliphatic heterocycles. The first-order chi connectivity index (χ1) is 7.76. The van der Waals surface area contributed by atoms with Crippen molar-refractivity contribution in [3.8, 4) is 0 Å². The molecule has 90 valence electrons. The predicted molar refractivity (Wildman–Crippen MR) is 66.2 cm³/mol. The molecule has 1 aromatic rings. The molecule has 0 fully saturated rings. The van der Waals surface area contributed by atoms with E-state index in [0.717, 1.165) is 30.8 Å². The Labute approximate surface area is 98.2 Å². The van der Waals surface area contributed by atoms with Crippen molar-refractivity contribution < 1.29 is 4.74 Å². The van der Waals surface area contributed by atoms with Crippen LogP contribution in [0.2, 0.25) is 0 Å². The van der Waals surface area contributed by atoms with Crippen LogP contribution < -0.4 is 5.32 Å². The molecular weight excluding hydrogens is 200 g/mol. The van der Waals surface area contributed by atoms with Crippen LogP contribution in [-0.4, -0.2) is 18.1 Å². The second-order valence-corrected chi connectivity index (χ2v) is 4.06. The van der Waals surface area contributed by atoms with Gasteiger partial charge in [-0.15, -0.1) is 0 Å². The monoisotopic (exact) mass is 222 g/mol. The molecule has 0 radical (unpaired) electrons. The lowest BCUT2D eigenvalue weighted by molar-refractivity contribution is 0.0452. The number of ether oxygens (including phenoxy) is 1. The van der Waals surface area contributed by atoms with E-state index in [1.54, 1.807) is 0 Å². The smallest absolute Gasteiger partial charge is 0.0891 e. The van der Waals surface area contributed by atoms with Gasteiger partial charge in [0, 0.05) is 6.54 Å². The highest BCUT2D eigenvalue weighted by molar-refractivity contribution is 5.10. The maximum atomic E-state index is 5.72. The fourth-order valence-corrected chi connectivity index (χ4v) is 1.61. The Balaban J connectivity index is 2.44. The van der Waals surface area contributed by atoms with Crippen LogP contribution in [0.4, 0.5) is 0 Å². The minimum absolute atomic E-state index is 0.319. The molecule has 0 aromatic carbocycles. The molecule has 16 heavy (non-hydrogen) atoms. The summed E-state index contributed by atoms with van der Waals surface area (Å²) in [5.74, 6) is 0. The standard InChI is InChI=1S/C13H22N2O/c1-4-6-11(2)16-10-13-8-5-7-12(15-13)9-14-3/h5,7-8,11,14H,4,6,9-10H2,1-3H3. The third kappa shape index (κ3) is 4.73. The first kappa shape index (κ1) is 13.1. The van der Waals surface area contributed by atoms with Crippen molar-refractivity contribution in [1.82, 2.24) is 10.3 Å². The first-order valence-corrected chi connectivity index (χ1v) is 5.97. The maximum absolute atomic E-state index is 5.72. The summed E-state index contributed by atoms with van der Waals surface area (Å²) in [5, 5.41) is 3.09. The number of nitrogens with one attached hydrogen (secondary N) is 1. The lowest BCUT2D eigenvalue weighted by atomic mass is 10.2. The van der Waals surface area contributed by atoms with Gasteiger partial charge in [-0.2, -0.15) is 0 Å². The zero-order valence-electron chi connectivity index (χ0n) is 10.5. The second-order valence-electron chi connectivity index (χ2n) is 4.06. The molecule has 0 amide bonds. The lowest BCUT2D eigenvalue weighted by Gasteiger charge is -2.11. The van der Waals surface area contributed by atoms with Gasteiger partial charge in [-0.3, -0.25) is 4.98 Å². The average molecular weight is 222 g/mol. The van der Waals surface area contributed by atoms with E-state index in [0.29, 0.717) is 12.7 Å². The van der Waals surface area contributed by atoms with Gasteiger partial charge >= 0.3 is 0 Å². The van der Waals surface area contributed by atoms with Gasteiger partial charge in [0.2, 0.25) is 0 Å². The van der Waals surface area contributed by atoms with E-state index in [1.807, 2.05) is 25.2 Å². The summed E-state index contributed by atoms with van der Waals surface area (Å²) in [4.78, 5) is 4.51. The Morgan fingerprint density at radius 2 is 2.12 bits per heavy atom. The summed E-state index contributed by atoms with van der Waals surface area (Å²) in [6.07, 6.45) is 2.59. The van der Waals surface area contributed by atoms with Crippen LogP contribution in [-0.2, 0) is 17.9 Å². The zero-order valence-corrected chi connectivity index (χ0v) is 10.5. The van der Waals surface area contributed by atoms with Gasteiger partial charge in [0.1, 0.15) is 0 Å². The molecule has 3 nitrogen and oxygen atoms in total. The summed E-state index contributed by atoms with van der Waals surface area (Å²) < 4.78 is 5.72. The summed E-state index contributed by atoms with van der Waals surface area (Å²) in [6, 6.07) is 6.07. The third-order valence-corrected chi connectivity index (χ3v) is 2.43. The maximum Gasteiger partial charge on any atom is 0.0891 e. The molecule has 0 saturated heterocycles. The van der Waals surface area contributed by atoms with Crippen LogP contribution in [0.1, 0.15) is 38.1 Å². The summed E-state index contributed by atoms with van der Waals surface area (Å²) in [7, 11) is 1.92. The quantitative estimate of drug-likeness (QED) is 0.769. The molecule has 1 heterocycles. The third-order valence-electron chi connectivity index (χ3n) is 2.43.